The van der Waals surface area contributed by atoms with Gasteiger partial charge in [-0.1, -0.05) is 30.4 Å². The van der Waals surface area contributed by atoms with E-state index in [1.54, 1.807) is 37.3 Å². The molecule has 0 spiro atoms. The third kappa shape index (κ3) is 3.89. The highest BCUT2D eigenvalue weighted by Crippen LogP contribution is 2.27. The highest BCUT2D eigenvalue weighted by Gasteiger charge is 2.32. The van der Waals surface area contributed by atoms with Crippen LogP contribution >= 0.6 is 0 Å². The molecule has 124 valence electrons. The summed E-state index contributed by atoms with van der Waals surface area (Å²) in [5.74, 6) is -0.351. The van der Waals surface area contributed by atoms with Crippen molar-refractivity contribution in [3.05, 3.63) is 53.6 Å². The average Bonchev–Trinajstić information content (AvgIpc) is 2.91. The Morgan fingerprint density at radius 1 is 1.30 bits per heavy atom. The molecular weight excluding hydrogens is 314 g/mol. The fourth-order valence-corrected chi connectivity index (χ4v) is 3.88. The number of carbonyl (C=O) groups is 1. The lowest BCUT2D eigenvalue weighted by Crippen LogP contribution is -2.29. The summed E-state index contributed by atoms with van der Waals surface area (Å²) in [7, 11) is -3.59. The second kappa shape index (κ2) is 7.10. The van der Waals surface area contributed by atoms with Gasteiger partial charge in [-0.05, 0) is 37.1 Å². The van der Waals surface area contributed by atoms with E-state index in [2.05, 4.69) is 6.58 Å². The molecule has 0 aliphatic carbocycles. The van der Waals surface area contributed by atoms with Gasteiger partial charge in [0.25, 0.3) is 0 Å². The van der Waals surface area contributed by atoms with Gasteiger partial charge in [-0.25, -0.2) is 8.42 Å². The minimum Gasteiger partial charge on any atom is -0.466 e. The molecule has 0 N–H and O–H groups in total. The molecule has 0 amide bonds. The van der Waals surface area contributed by atoms with Gasteiger partial charge in [0.2, 0.25) is 10.0 Å². The molecule has 23 heavy (non-hydrogen) atoms. The van der Waals surface area contributed by atoms with Gasteiger partial charge in [0.1, 0.15) is 0 Å². The maximum Gasteiger partial charge on any atom is 0.309 e. The maximum atomic E-state index is 12.7. The van der Waals surface area contributed by atoms with Crippen LogP contribution in [0.3, 0.4) is 0 Å². The number of sulfonamides is 1. The van der Waals surface area contributed by atoms with E-state index in [-0.39, 0.29) is 30.4 Å². The Balaban J connectivity index is 2.19. The molecule has 0 aromatic heterocycles. The molecular formula is C17H21NO4S. The van der Waals surface area contributed by atoms with Crippen molar-refractivity contribution >= 4 is 16.0 Å². The number of hydrogen-bond donors (Lipinski definition) is 0. The molecule has 1 aliphatic rings. The van der Waals surface area contributed by atoms with Crippen LogP contribution in [0.4, 0.5) is 0 Å². The summed E-state index contributed by atoms with van der Waals surface area (Å²) in [4.78, 5) is 11.9. The van der Waals surface area contributed by atoms with Crippen LogP contribution < -0.4 is 0 Å². The number of aryl methyl sites for hydroxylation is 1. The Morgan fingerprint density at radius 3 is 2.52 bits per heavy atom. The molecule has 1 aromatic rings. The van der Waals surface area contributed by atoms with Gasteiger partial charge in [0.15, 0.2) is 0 Å². The van der Waals surface area contributed by atoms with Gasteiger partial charge in [0, 0.05) is 13.1 Å². The molecule has 0 atom stereocenters. The molecule has 1 heterocycles. The summed E-state index contributed by atoms with van der Waals surface area (Å²) in [5.41, 5.74) is 2.51. The van der Waals surface area contributed by atoms with Crippen LogP contribution in [0.15, 0.2) is 53.0 Å². The van der Waals surface area contributed by atoms with Gasteiger partial charge in [-0.2, -0.15) is 4.31 Å². The Morgan fingerprint density at radius 2 is 1.96 bits per heavy atom. The van der Waals surface area contributed by atoms with Crippen molar-refractivity contribution in [2.45, 2.75) is 25.2 Å². The van der Waals surface area contributed by atoms with Crippen LogP contribution in [0.2, 0.25) is 0 Å². The Labute approximate surface area is 137 Å². The third-order valence-corrected chi connectivity index (χ3v) is 5.54. The summed E-state index contributed by atoms with van der Waals surface area (Å²) < 4.78 is 31.7. The quantitative estimate of drug-likeness (QED) is 0.749. The van der Waals surface area contributed by atoms with Gasteiger partial charge < -0.3 is 4.74 Å². The molecule has 0 bridgehead atoms. The predicted octanol–water partition coefficient (Wildman–Crippen LogP) is 2.44. The number of rotatable bonds is 6. The summed E-state index contributed by atoms with van der Waals surface area (Å²) in [5, 5.41) is 0. The number of benzene rings is 1. The summed E-state index contributed by atoms with van der Waals surface area (Å²) >= 11 is 0. The first kappa shape index (κ1) is 17.4. The zero-order chi connectivity index (χ0) is 17.0. The van der Waals surface area contributed by atoms with Gasteiger partial charge in [-0.3, -0.25) is 4.79 Å². The summed E-state index contributed by atoms with van der Waals surface area (Å²) in [6.07, 6.45) is 1.70. The van der Waals surface area contributed by atoms with Crippen LogP contribution in [-0.4, -0.2) is 38.4 Å². The number of nitrogens with zero attached hydrogens (tertiary/aromatic N) is 1. The molecule has 0 saturated heterocycles. The highest BCUT2D eigenvalue weighted by atomic mass is 32.2. The van der Waals surface area contributed by atoms with E-state index in [4.69, 9.17) is 4.74 Å². The van der Waals surface area contributed by atoms with Crippen molar-refractivity contribution in [1.29, 1.82) is 0 Å². The van der Waals surface area contributed by atoms with Crippen molar-refractivity contribution in [2.24, 2.45) is 0 Å². The molecule has 1 aromatic carbocycles. The van der Waals surface area contributed by atoms with Crippen molar-refractivity contribution < 1.29 is 17.9 Å². The number of esters is 1. The van der Waals surface area contributed by atoms with Crippen LogP contribution in [0, 0.1) is 6.92 Å². The molecule has 0 unspecified atom stereocenters. The van der Waals surface area contributed by atoms with E-state index < -0.39 is 10.0 Å². The largest absolute Gasteiger partial charge is 0.466 e. The lowest BCUT2D eigenvalue weighted by Gasteiger charge is -2.17. The first-order chi connectivity index (χ1) is 10.9. The van der Waals surface area contributed by atoms with E-state index in [0.29, 0.717) is 6.61 Å². The molecule has 0 radical (unpaired) electrons. The second-order valence-corrected chi connectivity index (χ2v) is 7.34. The average molecular weight is 335 g/mol. The number of hydrogen-bond acceptors (Lipinski definition) is 4. The molecule has 1 aliphatic heterocycles. The Bertz CT molecular complexity index is 732. The van der Waals surface area contributed by atoms with Gasteiger partial charge >= 0.3 is 5.97 Å². The summed E-state index contributed by atoms with van der Waals surface area (Å²) in [6.45, 7) is 8.09. The number of carbonyl (C=O) groups excluding carboxylic acids is 1. The van der Waals surface area contributed by atoms with E-state index in [9.17, 15) is 13.2 Å². The van der Waals surface area contributed by atoms with E-state index in [0.717, 1.165) is 16.7 Å². The minimum absolute atomic E-state index is 0.0924. The van der Waals surface area contributed by atoms with Crippen molar-refractivity contribution in [2.75, 3.05) is 19.7 Å². The molecule has 0 saturated carbocycles. The van der Waals surface area contributed by atoms with Gasteiger partial charge in [-0.15, -0.1) is 0 Å². The monoisotopic (exact) mass is 335 g/mol. The maximum absolute atomic E-state index is 12.7. The van der Waals surface area contributed by atoms with Crippen LogP contribution in [-0.2, 0) is 19.6 Å². The van der Waals surface area contributed by atoms with Gasteiger partial charge in [0.05, 0.1) is 17.9 Å². The smallest absolute Gasteiger partial charge is 0.309 e. The van der Waals surface area contributed by atoms with E-state index in [1.165, 1.54) is 4.31 Å². The fraction of sp³-hybridized carbons (Fsp3) is 0.353. The lowest BCUT2D eigenvalue weighted by atomic mass is 10.1. The minimum atomic E-state index is -3.59. The predicted molar refractivity (Wildman–Crippen MR) is 88.4 cm³/mol. The molecule has 5 nitrogen and oxygen atoms in total. The van der Waals surface area contributed by atoms with Crippen LogP contribution in [0.5, 0.6) is 0 Å². The summed E-state index contributed by atoms with van der Waals surface area (Å²) in [6, 6.07) is 6.73. The van der Waals surface area contributed by atoms with Crippen molar-refractivity contribution in [1.82, 2.24) is 4.31 Å². The first-order valence-corrected chi connectivity index (χ1v) is 8.88. The van der Waals surface area contributed by atoms with Crippen molar-refractivity contribution in [3.8, 4) is 0 Å². The zero-order valence-electron chi connectivity index (χ0n) is 13.4. The fourth-order valence-electron chi connectivity index (χ4n) is 2.47. The van der Waals surface area contributed by atoms with E-state index in [1.807, 2.05) is 6.92 Å². The second-order valence-electron chi connectivity index (χ2n) is 5.40. The SMILES string of the molecule is C=CC1=C(CC(=O)OCC)CN(S(=O)(=O)c2ccc(C)cc2)C1. The zero-order valence-corrected chi connectivity index (χ0v) is 14.2. The van der Waals surface area contributed by atoms with Crippen LogP contribution in [0.25, 0.3) is 0 Å². The first-order valence-electron chi connectivity index (χ1n) is 7.44. The Hall–Kier alpha value is -1.92. The van der Waals surface area contributed by atoms with Crippen LogP contribution in [0.1, 0.15) is 18.9 Å². The Kier molecular flexibility index (Phi) is 5.38. The molecule has 0 fully saturated rings. The highest BCUT2D eigenvalue weighted by molar-refractivity contribution is 7.89. The molecule has 2 rings (SSSR count). The third-order valence-electron chi connectivity index (χ3n) is 3.74. The normalized spacial score (nSPS) is 15.7. The number of ether oxygens (including phenoxy) is 1. The standard InChI is InChI=1S/C17H21NO4S/c1-4-14-11-18(12-15(14)10-17(19)22-5-2)23(20,21)16-8-6-13(3)7-9-16/h4,6-9H,1,5,10-12H2,2-3H3. The lowest BCUT2D eigenvalue weighted by molar-refractivity contribution is -0.142. The molecule has 6 heteroatoms. The topological polar surface area (TPSA) is 63.7 Å². The van der Waals surface area contributed by atoms with Crippen molar-refractivity contribution in [3.63, 3.8) is 0 Å². The van der Waals surface area contributed by atoms with E-state index >= 15 is 0 Å².